The fourth-order valence-corrected chi connectivity index (χ4v) is 2.95. The van der Waals surface area contributed by atoms with Gasteiger partial charge in [0, 0.05) is 23.8 Å². The van der Waals surface area contributed by atoms with E-state index in [1.54, 1.807) is 6.07 Å². The number of hydrogen-bond donors (Lipinski definition) is 2. The average Bonchev–Trinajstić information content (AvgIpc) is 2.67. The van der Waals surface area contributed by atoms with Gasteiger partial charge in [-0.1, -0.05) is 30.3 Å². The maximum atomic E-state index is 12.7. The van der Waals surface area contributed by atoms with Crippen LogP contribution < -0.4 is 10.6 Å². The van der Waals surface area contributed by atoms with Crippen LogP contribution in [0.25, 0.3) is 0 Å². The lowest BCUT2D eigenvalue weighted by Gasteiger charge is -2.12. The number of hydrogen-bond acceptors (Lipinski definition) is 3. The van der Waals surface area contributed by atoms with Gasteiger partial charge in [-0.2, -0.15) is 0 Å². The van der Waals surface area contributed by atoms with Crippen LogP contribution in [0.3, 0.4) is 0 Å². The van der Waals surface area contributed by atoms with Crippen molar-refractivity contribution < 1.29 is 9.59 Å². The molecule has 0 radical (unpaired) electrons. The van der Waals surface area contributed by atoms with Gasteiger partial charge < -0.3 is 10.6 Å². The third-order valence-corrected chi connectivity index (χ3v) is 4.62. The molecule has 28 heavy (non-hydrogen) atoms. The summed E-state index contributed by atoms with van der Waals surface area (Å²) in [6, 6.07) is 13.2. The SMILES string of the molecule is Cc1ccc(C)c(NC(=O)c2cncc(C(=O)Nc3c(C)cccc3C)c2)c1. The van der Waals surface area contributed by atoms with E-state index in [0.717, 1.165) is 33.6 Å². The van der Waals surface area contributed by atoms with E-state index in [1.165, 1.54) is 12.4 Å². The summed E-state index contributed by atoms with van der Waals surface area (Å²) in [6.45, 7) is 7.78. The molecule has 0 unspecified atom stereocenters. The molecular formula is C23H23N3O2. The topological polar surface area (TPSA) is 71.1 Å². The standard InChI is InChI=1S/C23H23N3O2/c1-14-8-9-15(2)20(10-14)25-22(27)18-11-19(13-24-12-18)23(28)26-21-16(3)6-5-7-17(21)4/h5-13H,1-4H3,(H,25,27)(H,26,28). The fourth-order valence-electron chi connectivity index (χ4n) is 2.95. The number of nitrogens with one attached hydrogen (secondary N) is 2. The van der Waals surface area contributed by atoms with E-state index in [2.05, 4.69) is 15.6 Å². The summed E-state index contributed by atoms with van der Waals surface area (Å²) in [5.41, 5.74) is 6.16. The van der Waals surface area contributed by atoms with Gasteiger partial charge in [0.2, 0.25) is 0 Å². The van der Waals surface area contributed by atoms with Crippen LogP contribution in [0.4, 0.5) is 11.4 Å². The van der Waals surface area contributed by atoms with Gasteiger partial charge in [-0.25, -0.2) is 0 Å². The molecule has 0 aliphatic carbocycles. The summed E-state index contributed by atoms with van der Waals surface area (Å²) in [5.74, 6) is -0.603. The largest absolute Gasteiger partial charge is 0.322 e. The Morgan fingerprint density at radius 1 is 0.750 bits per heavy atom. The van der Waals surface area contributed by atoms with E-state index in [9.17, 15) is 9.59 Å². The summed E-state index contributed by atoms with van der Waals surface area (Å²) < 4.78 is 0. The molecule has 0 saturated heterocycles. The first-order valence-electron chi connectivity index (χ1n) is 9.06. The molecule has 0 fully saturated rings. The number of nitrogens with zero attached hydrogens (tertiary/aromatic N) is 1. The monoisotopic (exact) mass is 373 g/mol. The smallest absolute Gasteiger partial charge is 0.257 e. The summed E-state index contributed by atoms with van der Waals surface area (Å²) >= 11 is 0. The predicted octanol–water partition coefficient (Wildman–Crippen LogP) is 4.82. The molecule has 0 spiro atoms. The molecule has 0 bridgehead atoms. The Balaban J connectivity index is 1.80. The summed E-state index contributed by atoms with van der Waals surface area (Å²) in [6.07, 6.45) is 2.91. The zero-order valence-corrected chi connectivity index (χ0v) is 16.5. The van der Waals surface area contributed by atoms with Gasteiger partial charge in [-0.3, -0.25) is 14.6 Å². The molecule has 0 saturated carbocycles. The minimum Gasteiger partial charge on any atom is -0.322 e. The summed E-state index contributed by atoms with van der Waals surface area (Å²) in [5, 5.41) is 5.81. The van der Waals surface area contributed by atoms with Gasteiger partial charge >= 0.3 is 0 Å². The minimum absolute atomic E-state index is 0.300. The van der Waals surface area contributed by atoms with Crippen molar-refractivity contribution in [2.75, 3.05) is 10.6 Å². The van der Waals surface area contributed by atoms with Crippen LogP contribution in [0.2, 0.25) is 0 Å². The van der Waals surface area contributed by atoms with E-state index in [4.69, 9.17) is 0 Å². The number of para-hydroxylation sites is 1. The molecule has 5 heteroatoms. The van der Waals surface area contributed by atoms with Crippen LogP contribution in [-0.4, -0.2) is 16.8 Å². The van der Waals surface area contributed by atoms with Crippen LogP contribution in [-0.2, 0) is 0 Å². The molecule has 0 aliphatic rings. The first kappa shape index (κ1) is 19.3. The first-order chi connectivity index (χ1) is 13.3. The highest BCUT2D eigenvalue weighted by Crippen LogP contribution is 2.21. The Kier molecular flexibility index (Phi) is 5.54. The number of pyridine rings is 1. The minimum atomic E-state index is -0.303. The Bertz CT molecular complexity index is 1040. The normalized spacial score (nSPS) is 10.4. The maximum absolute atomic E-state index is 12.7. The average molecular weight is 373 g/mol. The maximum Gasteiger partial charge on any atom is 0.257 e. The zero-order chi connectivity index (χ0) is 20.3. The van der Waals surface area contributed by atoms with E-state index in [0.29, 0.717) is 11.1 Å². The van der Waals surface area contributed by atoms with E-state index >= 15 is 0 Å². The number of carbonyl (C=O) groups is 2. The van der Waals surface area contributed by atoms with Crippen LogP contribution in [0, 0.1) is 27.7 Å². The van der Waals surface area contributed by atoms with E-state index in [1.807, 2.05) is 64.1 Å². The van der Waals surface area contributed by atoms with Crippen molar-refractivity contribution in [3.05, 3.63) is 88.2 Å². The van der Waals surface area contributed by atoms with Gasteiger partial charge in [0.25, 0.3) is 11.8 Å². The van der Waals surface area contributed by atoms with Gasteiger partial charge in [-0.05, 0) is 62.1 Å². The van der Waals surface area contributed by atoms with Gasteiger partial charge in [0.1, 0.15) is 0 Å². The number of rotatable bonds is 4. The Hall–Kier alpha value is -3.47. The molecule has 5 nitrogen and oxygen atoms in total. The molecule has 0 atom stereocenters. The number of anilines is 2. The van der Waals surface area contributed by atoms with E-state index in [-0.39, 0.29) is 11.8 Å². The zero-order valence-electron chi connectivity index (χ0n) is 16.5. The highest BCUT2D eigenvalue weighted by molar-refractivity contribution is 6.09. The fraction of sp³-hybridized carbons (Fsp3) is 0.174. The predicted molar refractivity (Wildman–Crippen MR) is 112 cm³/mol. The molecule has 1 aromatic heterocycles. The molecule has 2 N–H and O–H groups in total. The van der Waals surface area contributed by atoms with Crippen LogP contribution in [0.5, 0.6) is 0 Å². The van der Waals surface area contributed by atoms with Crippen LogP contribution in [0.1, 0.15) is 43.0 Å². The second-order valence-electron chi connectivity index (χ2n) is 6.96. The van der Waals surface area contributed by atoms with Crippen LogP contribution >= 0.6 is 0 Å². The lowest BCUT2D eigenvalue weighted by atomic mass is 10.1. The van der Waals surface area contributed by atoms with E-state index < -0.39 is 0 Å². The molecule has 2 amide bonds. The van der Waals surface area contributed by atoms with Crippen molar-refractivity contribution in [3.63, 3.8) is 0 Å². The molecule has 142 valence electrons. The third-order valence-electron chi connectivity index (χ3n) is 4.62. The third kappa shape index (κ3) is 4.26. The Morgan fingerprint density at radius 3 is 2.00 bits per heavy atom. The molecule has 2 aromatic carbocycles. The van der Waals surface area contributed by atoms with Gasteiger partial charge in [0.15, 0.2) is 0 Å². The lowest BCUT2D eigenvalue weighted by Crippen LogP contribution is -2.17. The van der Waals surface area contributed by atoms with Crippen molar-refractivity contribution in [2.45, 2.75) is 27.7 Å². The first-order valence-corrected chi connectivity index (χ1v) is 9.06. The van der Waals surface area contributed by atoms with Crippen molar-refractivity contribution in [1.82, 2.24) is 4.98 Å². The van der Waals surface area contributed by atoms with Crippen molar-refractivity contribution in [1.29, 1.82) is 0 Å². The number of benzene rings is 2. The van der Waals surface area contributed by atoms with Gasteiger partial charge in [0.05, 0.1) is 11.1 Å². The van der Waals surface area contributed by atoms with Crippen LogP contribution in [0.15, 0.2) is 54.9 Å². The van der Waals surface area contributed by atoms with Crippen molar-refractivity contribution in [2.24, 2.45) is 0 Å². The second-order valence-corrected chi connectivity index (χ2v) is 6.96. The molecule has 0 aliphatic heterocycles. The number of aryl methyl sites for hydroxylation is 4. The number of aromatic nitrogens is 1. The molecular weight excluding hydrogens is 350 g/mol. The second kappa shape index (κ2) is 8.05. The Morgan fingerprint density at radius 2 is 1.36 bits per heavy atom. The quantitative estimate of drug-likeness (QED) is 0.689. The lowest BCUT2D eigenvalue weighted by molar-refractivity contribution is 0.102. The highest BCUT2D eigenvalue weighted by Gasteiger charge is 2.14. The molecule has 3 rings (SSSR count). The Labute approximate surface area is 164 Å². The van der Waals surface area contributed by atoms with Crippen molar-refractivity contribution in [3.8, 4) is 0 Å². The van der Waals surface area contributed by atoms with Gasteiger partial charge in [-0.15, -0.1) is 0 Å². The highest BCUT2D eigenvalue weighted by atomic mass is 16.2. The number of carbonyl (C=O) groups excluding carboxylic acids is 2. The summed E-state index contributed by atoms with van der Waals surface area (Å²) in [7, 11) is 0. The summed E-state index contributed by atoms with van der Waals surface area (Å²) in [4.78, 5) is 29.4. The number of amides is 2. The van der Waals surface area contributed by atoms with Crippen molar-refractivity contribution >= 4 is 23.2 Å². The molecule has 1 heterocycles. The molecule has 3 aromatic rings.